The molecule has 0 aliphatic heterocycles. The van der Waals surface area contributed by atoms with Crippen LogP contribution in [0.25, 0.3) is 11.1 Å². The van der Waals surface area contributed by atoms with E-state index >= 15 is 0 Å². The van der Waals surface area contributed by atoms with Gasteiger partial charge in [0, 0.05) is 24.8 Å². The predicted octanol–water partition coefficient (Wildman–Crippen LogP) is 2.80. The first kappa shape index (κ1) is 12.8. The van der Waals surface area contributed by atoms with Gasteiger partial charge in [0.15, 0.2) is 0 Å². The molecule has 0 radical (unpaired) electrons. The zero-order valence-corrected chi connectivity index (χ0v) is 11.4. The minimum absolute atomic E-state index is 0.203. The molecule has 1 heterocycles. The number of nitrogens with one attached hydrogen (secondary N) is 1. The van der Waals surface area contributed by atoms with Crippen molar-refractivity contribution in [3.63, 3.8) is 0 Å². The van der Waals surface area contributed by atoms with Crippen LogP contribution >= 0.6 is 0 Å². The number of hydrogen-bond donors (Lipinski definition) is 1. The molecule has 0 fully saturated rings. The molecule has 2 rings (SSSR count). The summed E-state index contributed by atoms with van der Waals surface area (Å²) in [6, 6.07) is 10.4. The second-order valence-electron chi connectivity index (χ2n) is 5.49. The minimum atomic E-state index is 0.203. The largest absolute Gasteiger partial charge is 0.319 e. The van der Waals surface area contributed by atoms with E-state index in [-0.39, 0.29) is 5.41 Å². The summed E-state index contributed by atoms with van der Waals surface area (Å²) >= 11 is 0. The van der Waals surface area contributed by atoms with Gasteiger partial charge >= 0.3 is 0 Å². The predicted molar refractivity (Wildman–Crippen MR) is 75.4 cm³/mol. The standard InChI is InChI=1S/C15H21N3/c1-15(2,11-16-3)12-18-10-14(9-17-18)13-7-5-4-6-8-13/h4-10,16H,11-12H2,1-3H3. The number of rotatable bonds is 5. The Bertz CT molecular complexity index is 485. The summed E-state index contributed by atoms with van der Waals surface area (Å²) in [5.41, 5.74) is 2.60. The fourth-order valence-electron chi connectivity index (χ4n) is 2.20. The van der Waals surface area contributed by atoms with Crippen LogP contribution in [0.15, 0.2) is 42.7 Å². The third-order valence-electron chi connectivity index (χ3n) is 2.99. The lowest BCUT2D eigenvalue weighted by atomic mass is 9.94. The van der Waals surface area contributed by atoms with E-state index in [1.165, 1.54) is 11.1 Å². The monoisotopic (exact) mass is 243 g/mol. The molecule has 0 aliphatic rings. The second kappa shape index (κ2) is 5.36. The molecule has 0 aliphatic carbocycles. The van der Waals surface area contributed by atoms with E-state index in [0.717, 1.165) is 13.1 Å². The van der Waals surface area contributed by atoms with Crippen molar-refractivity contribution in [2.24, 2.45) is 5.41 Å². The van der Waals surface area contributed by atoms with Crippen LogP contribution in [0.5, 0.6) is 0 Å². The smallest absolute Gasteiger partial charge is 0.0568 e. The van der Waals surface area contributed by atoms with Crippen LogP contribution in [-0.4, -0.2) is 23.4 Å². The van der Waals surface area contributed by atoms with Crippen LogP contribution in [0.4, 0.5) is 0 Å². The van der Waals surface area contributed by atoms with Crippen molar-refractivity contribution in [3.05, 3.63) is 42.7 Å². The Labute approximate surface area is 109 Å². The first-order valence-corrected chi connectivity index (χ1v) is 6.33. The molecule has 1 aromatic heterocycles. The third kappa shape index (κ3) is 3.20. The summed E-state index contributed by atoms with van der Waals surface area (Å²) in [6.45, 7) is 6.38. The van der Waals surface area contributed by atoms with Gasteiger partial charge in [-0.25, -0.2) is 0 Å². The van der Waals surface area contributed by atoms with Gasteiger partial charge in [0.05, 0.1) is 6.20 Å². The maximum atomic E-state index is 4.45. The average molecular weight is 243 g/mol. The summed E-state index contributed by atoms with van der Waals surface area (Å²) in [4.78, 5) is 0. The lowest BCUT2D eigenvalue weighted by molar-refractivity contribution is 0.283. The molecule has 96 valence electrons. The Kier molecular flexibility index (Phi) is 3.82. The lowest BCUT2D eigenvalue weighted by Crippen LogP contribution is -2.31. The molecule has 3 heteroatoms. The fourth-order valence-corrected chi connectivity index (χ4v) is 2.20. The number of nitrogens with zero attached hydrogens (tertiary/aromatic N) is 2. The highest BCUT2D eigenvalue weighted by atomic mass is 15.3. The SMILES string of the molecule is CNCC(C)(C)Cn1cc(-c2ccccc2)cn1. The Morgan fingerprint density at radius 3 is 2.56 bits per heavy atom. The Morgan fingerprint density at radius 1 is 1.17 bits per heavy atom. The molecule has 2 aromatic rings. The normalized spacial score (nSPS) is 11.7. The van der Waals surface area contributed by atoms with Gasteiger partial charge in [0.1, 0.15) is 0 Å². The Balaban J connectivity index is 2.12. The summed E-state index contributed by atoms with van der Waals surface area (Å²) in [5.74, 6) is 0. The van der Waals surface area contributed by atoms with Gasteiger partial charge < -0.3 is 5.32 Å². The second-order valence-corrected chi connectivity index (χ2v) is 5.49. The van der Waals surface area contributed by atoms with Crippen LogP contribution in [0.1, 0.15) is 13.8 Å². The molecule has 0 bridgehead atoms. The maximum Gasteiger partial charge on any atom is 0.0568 e. The average Bonchev–Trinajstić information content (AvgIpc) is 2.77. The van der Waals surface area contributed by atoms with Crippen molar-refractivity contribution in [1.29, 1.82) is 0 Å². The highest BCUT2D eigenvalue weighted by molar-refractivity contribution is 5.61. The van der Waals surface area contributed by atoms with Crippen molar-refractivity contribution in [1.82, 2.24) is 15.1 Å². The fraction of sp³-hybridized carbons (Fsp3) is 0.400. The lowest BCUT2D eigenvalue weighted by Gasteiger charge is -2.23. The molecule has 1 N–H and O–H groups in total. The topological polar surface area (TPSA) is 29.9 Å². The molecule has 1 aromatic carbocycles. The van der Waals surface area contributed by atoms with E-state index < -0.39 is 0 Å². The molecule has 0 saturated heterocycles. The molecular weight excluding hydrogens is 222 g/mol. The van der Waals surface area contributed by atoms with E-state index in [9.17, 15) is 0 Å². The van der Waals surface area contributed by atoms with Crippen molar-refractivity contribution in [2.45, 2.75) is 20.4 Å². The Hall–Kier alpha value is -1.61. The van der Waals surface area contributed by atoms with Gasteiger partial charge in [-0.1, -0.05) is 44.2 Å². The number of aromatic nitrogens is 2. The summed E-state index contributed by atoms with van der Waals surface area (Å²) in [6.07, 6.45) is 4.05. The minimum Gasteiger partial charge on any atom is -0.319 e. The molecule has 0 saturated carbocycles. The Morgan fingerprint density at radius 2 is 1.89 bits per heavy atom. The highest BCUT2D eigenvalue weighted by Crippen LogP contribution is 2.21. The van der Waals surface area contributed by atoms with Crippen molar-refractivity contribution in [3.8, 4) is 11.1 Å². The van der Waals surface area contributed by atoms with Crippen molar-refractivity contribution < 1.29 is 0 Å². The van der Waals surface area contributed by atoms with Crippen LogP contribution in [0.2, 0.25) is 0 Å². The van der Waals surface area contributed by atoms with Gasteiger partial charge in [-0.3, -0.25) is 4.68 Å². The quantitative estimate of drug-likeness (QED) is 0.875. The molecule has 3 nitrogen and oxygen atoms in total. The summed E-state index contributed by atoms with van der Waals surface area (Å²) in [5, 5.41) is 7.67. The zero-order valence-electron chi connectivity index (χ0n) is 11.4. The summed E-state index contributed by atoms with van der Waals surface area (Å²) in [7, 11) is 1.99. The van der Waals surface area contributed by atoms with Crippen LogP contribution in [0.3, 0.4) is 0 Å². The van der Waals surface area contributed by atoms with E-state index in [1.54, 1.807) is 0 Å². The van der Waals surface area contributed by atoms with Gasteiger partial charge in [0.2, 0.25) is 0 Å². The van der Waals surface area contributed by atoms with Crippen LogP contribution in [-0.2, 0) is 6.54 Å². The van der Waals surface area contributed by atoms with Gasteiger partial charge in [-0.05, 0) is 18.0 Å². The van der Waals surface area contributed by atoms with Gasteiger partial charge in [-0.2, -0.15) is 5.10 Å². The molecule has 0 spiro atoms. The van der Waals surface area contributed by atoms with Crippen LogP contribution in [0, 0.1) is 5.41 Å². The van der Waals surface area contributed by atoms with Crippen molar-refractivity contribution >= 4 is 0 Å². The van der Waals surface area contributed by atoms with Crippen molar-refractivity contribution in [2.75, 3.05) is 13.6 Å². The number of hydrogen-bond acceptors (Lipinski definition) is 2. The van der Waals surface area contributed by atoms with Gasteiger partial charge in [0.25, 0.3) is 0 Å². The molecule has 18 heavy (non-hydrogen) atoms. The number of benzene rings is 1. The van der Waals surface area contributed by atoms with Gasteiger partial charge in [-0.15, -0.1) is 0 Å². The highest BCUT2D eigenvalue weighted by Gasteiger charge is 2.18. The maximum absolute atomic E-state index is 4.45. The summed E-state index contributed by atoms with van der Waals surface area (Å²) < 4.78 is 2.03. The van der Waals surface area contributed by atoms with Crippen LogP contribution < -0.4 is 5.32 Å². The first-order chi connectivity index (χ1) is 8.61. The van der Waals surface area contributed by atoms with E-state index in [1.807, 2.05) is 24.0 Å². The first-order valence-electron chi connectivity index (χ1n) is 6.33. The molecule has 0 atom stereocenters. The van der Waals surface area contributed by atoms with E-state index in [0.29, 0.717) is 0 Å². The van der Waals surface area contributed by atoms with E-state index in [4.69, 9.17) is 0 Å². The molecule has 0 unspecified atom stereocenters. The zero-order chi connectivity index (χ0) is 13.0. The molecular formula is C15H21N3. The third-order valence-corrected chi connectivity index (χ3v) is 2.99. The molecule has 0 amide bonds. The van der Waals surface area contributed by atoms with E-state index in [2.05, 4.69) is 54.7 Å².